The Morgan fingerprint density at radius 2 is 1.60 bits per heavy atom. The van der Waals surface area contributed by atoms with Crippen molar-refractivity contribution in [3.8, 4) is 17.2 Å². The van der Waals surface area contributed by atoms with Crippen LogP contribution in [0.5, 0.6) is 17.2 Å². The molecule has 7 heteroatoms. The lowest BCUT2D eigenvalue weighted by Crippen LogP contribution is -2.61. The molecule has 4 rings (SSSR count). The molecule has 3 aromatic carbocycles. The van der Waals surface area contributed by atoms with Crippen LogP contribution in [0.25, 0.3) is 0 Å². The van der Waals surface area contributed by atoms with Crippen LogP contribution < -0.4 is 14.2 Å². The lowest BCUT2D eigenvalue weighted by Gasteiger charge is -2.47. The monoisotopic (exact) mass is 475 g/mol. The van der Waals surface area contributed by atoms with Gasteiger partial charge in [-0.15, -0.1) is 0 Å². The van der Waals surface area contributed by atoms with E-state index in [1.165, 1.54) is 7.11 Å². The Hall–Kier alpha value is -4.00. The molecule has 0 N–H and O–H groups in total. The second-order valence-electron chi connectivity index (χ2n) is 8.33. The van der Waals surface area contributed by atoms with Gasteiger partial charge in [0.2, 0.25) is 6.10 Å². The number of hydrogen-bond acceptors (Lipinski definition) is 6. The first kappa shape index (κ1) is 24.1. The van der Waals surface area contributed by atoms with Gasteiger partial charge in [0, 0.05) is 6.54 Å². The summed E-state index contributed by atoms with van der Waals surface area (Å²) in [6.07, 6.45) is -0.00889. The Bertz CT molecular complexity index is 1210. The smallest absolute Gasteiger partial charge is 0.337 e. The molecule has 182 valence electrons. The van der Waals surface area contributed by atoms with Gasteiger partial charge >= 0.3 is 5.97 Å². The van der Waals surface area contributed by atoms with Crippen LogP contribution in [0.3, 0.4) is 0 Å². The number of likely N-dealkylation sites (tertiary alicyclic amines) is 1. The summed E-state index contributed by atoms with van der Waals surface area (Å²) >= 11 is 0. The predicted molar refractivity (Wildman–Crippen MR) is 131 cm³/mol. The summed E-state index contributed by atoms with van der Waals surface area (Å²) in [5.74, 6) is 1.51. The minimum atomic E-state index is -0.648. The summed E-state index contributed by atoms with van der Waals surface area (Å²) in [6, 6.07) is 20.2. The molecule has 0 radical (unpaired) electrons. The summed E-state index contributed by atoms with van der Waals surface area (Å²) in [4.78, 5) is 26.9. The molecule has 3 aromatic rings. The van der Waals surface area contributed by atoms with Crippen LogP contribution in [0.4, 0.5) is 0 Å². The number of benzene rings is 3. The molecule has 1 saturated heterocycles. The van der Waals surface area contributed by atoms with Crippen molar-refractivity contribution in [1.29, 1.82) is 0 Å². The highest BCUT2D eigenvalue weighted by Gasteiger charge is 2.50. The van der Waals surface area contributed by atoms with E-state index in [1.54, 1.807) is 26.4 Å². The first-order chi connectivity index (χ1) is 17.0. The number of carbonyl (C=O) groups is 2. The largest absolute Gasteiger partial charge is 0.493 e. The van der Waals surface area contributed by atoms with Gasteiger partial charge in [-0.2, -0.15) is 0 Å². The SMILES string of the molecule is COC(=O)c1ccc([C@H]2[C@@H](Oc3ccccc3C)C(=O)N2CCc2ccc(OC)c(OC)c2)cc1. The fourth-order valence-corrected chi connectivity index (χ4v) is 4.28. The minimum absolute atomic E-state index is 0.0734. The van der Waals surface area contributed by atoms with Gasteiger partial charge in [-0.1, -0.05) is 36.4 Å². The third-order valence-corrected chi connectivity index (χ3v) is 6.26. The van der Waals surface area contributed by atoms with Crippen LogP contribution in [0, 0.1) is 6.92 Å². The van der Waals surface area contributed by atoms with Crippen molar-refractivity contribution in [2.75, 3.05) is 27.9 Å². The van der Waals surface area contributed by atoms with E-state index < -0.39 is 12.1 Å². The molecule has 0 aliphatic carbocycles. The van der Waals surface area contributed by atoms with Crippen molar-refractivity contribution in [3.05, 3.63) is 89.0 Å². The Labute approximate surface area is 205 Å². The van der Waals surface area contributed by atoms with Gasteiger partial charge in [0.1, 0.15) is 11.8 Å². The average molecular weight is 476 g/mol. The standard InChI is InChI=1S/C28H29NO6/c1-18-7-5-6-8-22(18)35-26-25(20-10-12-21(13-11-20)28(31)34-4)29(27(26)30)16-15-19-9-14-23(32-2)24(17-19)33-3/h5-14,17,25-26H,15-16H2,1-4H3/t25-,26+/m0/s1. The first-order valence-corrected chi connectivity index (χ1v) is 11.4. The number of aryl methyl sites for hydroxylation is 1. The third kappa shape index (κ3) is 4.94. The number of hydrogen-bond donors (Lipinski definition) is 0. The third-order valence-electron chi connectivity index (χ3n) is 6.26. The molecule has 0 aromatic heterocycles. The van der Waals surface area contributed by atoms with Gasteiger partial charge in [-0.3, -0.25) is 4.79 Å². The van der Waals surface area contributed by atoms with Crippen molar-refractivity contribution < 1.29 is 28.5 Å². The lowest BCUT2D eigenvalue weighted by molar-refractivity contribution is -0.164. The zero-order valence-electron chi connectivity index (χ0n) is 20.3. The van der Waals surface area contributed by atoms with Crippen molar-refractivity contribution >= 4 is 11.9 Å². The zero-order chi connectivity index (χ0) is 24.9. The topological polar surface area (TPSA) is 74.3 Å². The van der Waals surface area contributed by atoms with Crippen molar-refractivity contribution in [2.24, 2.45) is 0 Å². The van der Waals surface area contributed by atoms with Gasteiger partial charge < -0.3 is 23.8 Å². The molecule has 1 aliphatic heterocycles. The number of esters is 1. The molecule has 7 nitrogen and oxygen atoms in total. The number of methoxy groups -OCH3 is 3. The van der Waals surface area contributed by atoms with E-state index in [4.69, 9.17) is 18.9 Å². The van der Waals surface area contributed by atoms with Crippen molar-refractivity contribution in [3.63, 3.8) is 0 Å². The predicted octanol–water partition coefficient (Wildman–Crippen LogP) is 4.37. The van der Waals surface area contributed by atoms with Gasteiger partial charge in [-0.05, 0) is 60.4 Å². The van der Waals surface area contributed by atoms with E-state index in [1.807, 2.05) is 66.4 Å². The van der Waals surface area contributed by atoms with Gasteiger partial charge in [-0.25, -0.2) is 4.79 Å². The van der Waals surface area contributed by atoms with E-state index in [-0.39, 0.29) is 11.9 Å². The lowest BCUT2D eigenvalue weighted by atomic mass is 9.89. The summed E-state index contributed by atoms with van der Waals surface area (Å²) in [6.45, 7) is 2.46. The Morgan fingerprint density at radius 3 is 2.26 bits per heavy atom. The Morgan fingerprint density at radius 1 is 0.886 bits per heavy atom. The number of para-hydroxylation sites is 1. The number of β-lactam (4-membered cyclic amide) rings is 1. The Kier molecular flexibility index (Phi) is 7.25. The molecular formula is C28H29NO6. The molecule has 0 spiro atoms. The highest BCUT2D eigenvalue weighted by molar-refractivity contribution is 5.91. The maximum absolute atomic E-state index is 13.2. The second kappa shape index (κ2) is 10.5. The molecule has 1 aliphatic rings. The number of ether oxygens (including phenoxy) is 4. The summed E-state index contributed by atoms with van der Waals surface area (Å²) in [5.41, 5.74) is 3.33. The molecule has 2 atom stereocenters. The van der Waals surface area contributed by atoms with Gasteiger partial charge in [0.05, 0.1) is 26.9 Å². The Balaban J connectivity index is 1.57. The highest BCUT2D eigenvalue weighted by Crippen LogP contribution is 2.39. The van der Waals surface area contributed by atoms with Crippen LogP contribution in [0.1, 0.15) is 33.1 Å². The van der Waals surface area contributed by atoms with Crippen LogP contribution in [0.15, 0.2) is 66.7 Å². The normalized spacial score (nSPS) is 16.9. The van der Waals surface area contributed by atoms with E-state index in [9.17, 15) is 9.59 Å². The van der Waals surface area contributed by atoms with Crippen molar-refractivity contribution in [1.82, 2.24) is 4.90 Å². The number of rotatable bonds is 9. The maximum atomic E-state index is 13.2. The molecule has 1 fully saturated rings. The average Bonchev–Trinajstić information content (AvgIpc) is 2.90. The molecule has 0 unspecified atom stereocenters. The molecule has 1 heterocycles. The molecule has 35 heavy (non-hydrogen) atoms. The van der Waals surface area contributed by atoms with Gasteiger partial charge in [0.15, 0.2) is 11.5 Å². The quantitative estimate of drug-likeness (QED) is 0.338. The summed E-state index contributed by atoms with van der Waals surface area (Å²) in [5, 5.41) is 0. The van der Waals surface area contributed by atoms with Crippen LogP contribution in [-0.2, 0) is 16.0 Å². The molecular weight excluding hydrogens is 446 g/mol. The maximum Gasteiger partial charge on any atom is 0.337 e. The molecule has 1 amide bonds. The van der Waals surface area contributed by atoms with Gasteiger partial charge in [0.25, 0.3) is 5.91 Å². The second-order valence-corrected chi connectivity index (χ2v) is 8.33. The summed E-state index contributed by atoms with van der Waals surface area (Å²) < 4.78 is 21.7. The van der Waals surface area contributed by atoms with E-state index in [0.29, 0.717) is 35.8 Å². The van der Waals surface area contributed by atoms with Crippen LogP contribution in [-0.4, -0.2) is 50.8 Å². The number of amides is 1. The van der Waals surface area contributed by atoms with Crippen LogP contribution in [0.2, 0.25) is 0 Å². The van der Waals surface area contributed by atoms with E-state index in [2.05, 4.69) is 0 Å². The fraction of sp³-hybridized carbons (Fsp3) is 0.286. The summed E-state index contributed by atoms with van der Waals surface area (Å²) in [7, 11) is 4.55. The highest BCUT2D eigenvalue weighted by atomic mass is 16.5. The van der Waals surface area contributed by atoms with E-state index in [0.717, 1.165) is 16.7 Å². The number of carbonyl (C=O) groups excluding carboxylic acids is 2. The fourth-order valence-electron chi connectivity index (χ4n) is 4.28. The molecule has 0 saturated carbocycles. The number of nitrogens with zero attached hydrogens (tertiary/aromatic N) is 1. The zero-order valence-corrected chi connectivity index (χ0v) is 20.3. The minimum Gasteiger partial charge on any atom is -0.493 e. The molecule has 0 bridgehead atoms. The first-order valence-electron chi connectivity index (χ1n) is 11.4. The van der Waals surface area contributed by atoms with Crippen LogP contribution >= 0.6 is 0 Å². The van der Waals surface area contributed by atoms with Crippen molar-refractivity contribution in [2.45, 2.75) is 25.5 Å². The van der Waals surface area contributed by atoms with E-state index >= 15 is 0 Å².